The summed E-state index contributed by atoms with van der Waals surface area (Å²) in [6.07, 6.45) is 4.58. The van der Waals surface area contributed by atoms with Gasteiger partial charge in [0.05, 0.1) is 11.7 Å². The van der Waals surface area contributed by atoms with Crippen molar-refractivity contribution in [3.05, 3.63) is 11.9 Å². The van der Waals surface area contributed by atoms with Gasteiger partial charge < -0.3 is 5.73 Å². The Balaban J connectivity index is 1.71. The van der Waals surface area contributed by atoms with Crippen LogP contribution < -0.4 is 5.73 Å². The molecule has 1 heterocycles. The minimum Gasteiger partial charge on any atom is -0.320 e. The van der Waals surface area contributed by atoms with E-state index in [0.717, 1.165) is 6.54 Å². The SMILES string of the molecule is NC1(c2cn(CC3CC3)nn2)CCC(F)(F)CC1. The fourth-order valence-corrected chi connectivity index (χ4v) is 2.50. The fraction of sp³-hybridized carbons (Fsp3) is 0.833. The summed E-state index contributed by atoms with van der Waals surface area (Å²) in [6.45, 7) is 0.874. The molecule has 100 valence electrons. The van der Waals surface area contributed by atoms with E-state index in [1.807, 2.05) is 6.20 Å². The van der Waals surface area contributed by atoms with E-state index in [4.69, 9.17) is 5.73 Å². The molecule has 0 radical (unpaired) electrons. The van der Waals surface area contributed by atoms with E-state index in [1.165, 1.54) is 12.8 Å². The molecule has 18 heavy (non-hydrogen) atoms. The highest BCUT2D eigenvalue weighted by atomic mass is 19.3. The van der Waals surface area contributed by atoms with Crippen molar-refractivity contribution in [2.75, 3.05) is 0 Å². The molecule has 3 rings (SSSR count). The Morgan fingerprint density at radius 2 is 1.94 bits per heavy atom. The van der Waals surface area contributed by atoms with Crippen LogP contribution in [0.3, 0.4) is 0 Å². The van der Waals surface area contributed by atoms with Gasteiger partial charge in [0.25, 0.3) is 0 Å². The monoisotopic (exact) mass is 256 g/mol. The summed E-state index contributed by atoms with van der Waals surface area (Å²) in [6, 6.07) is 0. The van der Waals surface area contributed by atoms with E-state index in [-0.39, 0.29) is 25.7 Å². The summed E-state index contributed by atoms with van der Waals surface area (Å²) in [5, 5.41) is 8.14. The Morgan fingerprint density at radius 3 is 2.56 bits per heavy atom. The number of rotatable bonds is 3. The first kappa shape index (κ1) is 12.0. The normalized spacial score (nSPS) is 26.2. The van der Waals surface area contributed by atoms with Gasteiger partial charge in [0, 0.05) is 19.4 Å². The molecule has 0 amide bonds. The summed E-state index contributed by atoms with van der Waals surface area (Å²) in [7, 11) is 0. The summed E-state index contributed by atoms with van der Waals surface area (Å²) >= 11 is 0. The molecule has 2 N–H and O–H groups in total. The van der Waals surface area contributed by atoms with Gasteiger partial charge in [0.1, 0.15) is 5.69 Å². The number of hydrogen-bond donors (Lipinski definition) is 1. The Labute approximate surface area is 105 Å². The number of alkyl halides is 2. The lowest BCUT2D eigenvalue weighted by Crippen LogP contribution is -2.43. The number of nitrogens with two attached hydrogens (primary N) is 1. The van der Waals surface area contributed by atoms with E-state index in [1.54, 1.807) is 4.68 Å². The van der Waals surface area contributed by atoms with Crippen molar-refractivity contribution in [1.29, 1.82) is 0 Å². The van der Waals surface area contributed by atoms with Gasteiger partial charge in [-0.3, -0.25) is 4.68 Å². The molecule has 2 aliphatic rings. The van der Waals surface area contributed by atoms with E-state index in [2.05, 4.69) is 10.3 Å². The van der Waals surface area contributed by atoms with Crippen molar-refractivity contribution in [3.8, 4) is 0 Å². The molecule has 0 bridgehead atoms. The van der Waals surface area contributed by atoms with Crippen molar-refractivity contribution in [2.24, 2.45) is 11.7 Å². The van der Waals surface area contributed by atoms with E-state index >= 15 is 0 Å². The summed E-state index contributed by atoms with van der Waals surface area (Å²) < 4.78 is 28.1. The van der Waals surface area contributed by atoms with Gasteiger partial charge in [-0.1, -0.05) is 5.21 Å². The zero-order chi connectivity index (χ0) is 12.8. The van der Waals surface area contributed by atoms with Crippen LogP contribution in [0.15, 0.2) is 6.20 Å². The summed E-state index contributed by atoms with van der Waals surface area (Å²) in [5.41, 5.74) is 6.16. The largest absolute Gasteiger partial charge is 0.320 e. The number of aromatic nitrogens is 3. The molecule has 1 aromatic heterocycles. The minimum atomic E-state index is -2.56. The lowest BCUT2D eigenvalue weighted by molar-refractivity contribution is -0.0519. The summed E-state index contributed by atoms with van der Waals surface area (Å²) in [5.74, 6) is -1.85. The predicted octanol–water partition coefficient (Wildman–Crippen LogP) is 2.05. The molecular formula is C12H18F2N4. The van der Waals surface area contributed by atoms with Crippen LogP contribution in [0.2, 0.25) is 0 Å². The lowest BCUT2D eigenvalue weighted by atomic mass is 9.79. The molecule has 6 heteroatoms. The number of hydrogen-bond acceptors (Lipinski definition) is 3. The van der Waals surface area contributed by atoms with Gasteiger partial charge in [-0.05, 0) is 31.6 Å². The number of halogens is 2. The average molecular weight is 256 g/mol. The Bertz CT molecular complexity index is 429. The van der Waals surface area contributed by atoms with E-state index in [9.17, 15) is 8.78 Å². The van der Waals surface area contributed by atoms with Crippen LogP contribution in [0, 0.1) is 5.92 Å². The van der Waals surface area contributed by atoms with E-state index in [0.29, 0.717) is 11.6 Å². The van der Waals surface area contributed by atoms with Crippen LogP contribution in [0.1, 0.15) is 44.2 Å². The molecular weight excluding hydrogens is 238 g/mol. The molecule has 0 spiro atoms. The zero-order valence-electron chi connectivity index (χ0n) is 10.3. The standard InChI is InChI=1S/C12H18F2N4/c13-12(14)5-3-11(15,4-6-12)10-8-18(17-16-10)7-9-1-2-9/h8-9H,1-7,15H2. The molecule has 4 nitrogen and oxygen atoms in total. The zero-order valence-corrected chi connectivity index (χ0v) is 10.3. The second-order valence-corrected chi connectivity index (χ2v) is 5.78. The van der Waals surface area contributed by atoms with Crippen molar-refractivity contribution in [2.45, 2.75) is 56.5 Å². The fourth-order valence-electron chi connectivity index (χ4n) is 2.50. The molecule has 0 saturated heterocycles. The highest BCUT2D eigenvalue weighted by Crippen LogP contribution is 2.41. The van der Waals surface area contributed by atoms with Gasteiger partial charge in [-0.2, -0.15) is 0 Å². The van der Waals surface area contributed by atoms with Crippen LogP contribution in [0.5, 0.6) is 0 Å². The minimum absolute atomic E-state index is 0.154. The lowest BCUT2D eigenvalue weighted by Gasteiger charge is -2.35. The van der Waals surface area contributed by atoms with Gasteiger partial charge in [0.2, 0.25) is 5.92 Å². The number of nitrogens with zero attached hydrogens (tertiary/aromatic N) is 3. The Hall–Kier alpha value is -1.04. The van der Waals surface area contributed by atoms with Crippen LogP contribution in [0.4, 0.5) is 8.78 Å². The van der Waals surface area contributed by atoms with Crippen LogP contribution >= 0.6 is 0 Å². The van der Waals surface area contributed by atoms with Gasteiger partial charge in [-0.15, -0.1) is 5.10 Å². The molecule has 2 saturated carbocycles. The molecule has 0 aromatic carbocycles. The second-order valence-electron chi connectivity index (χ2n) is 5.78. The molecule has 0 aliphatic heterocycles. The van der Waals surface area contributed by atoms with Gasteiger partial charge in [0.15, 0.2) is 0 Å². The molecule has 0 atom stereocenters. The van der Waals surface area contributed by atoms with Crippen LogP contribution in [-0.2, 0) is 12.1 Å². The highest BCUT2D eigenvalue weighted by molar-refractivity contribution is 5.12. The molecule has 2 fully saturated rings. The smallest absolute Gasteiger partial charge is 0.248 e. The maximum absolute atomic E-state index is 13.2. The predicted molar refractivity (Wildman–Crippen MR) is 62.0 cm³/mol. The van der Waals surface area contributed by atoms with Crippen LogP contribution in [-0.4, -0.2) is 20.9 Å². The van der Waals surface area contributed by atoms with Gasteiger partial charge in [-0.25, -0.2) is 8.78 Å². The quantitative estimate of drug-likeness (QED) is 0.900. The molecule has 1 aromatic rings. The van der Waals surface area contributed by atoms with E-state index < -0.39 is 11.5 Å². The Kier molecular flexibility index (Phi) is 2.66. The third-order valence-electron chi connectivity index (χ3n) is 4.06. The Morgan fingerprint density at radius 1 is 1.28 bits per heavy atom. The molecule has 2 aliphatic carbocycles. The highest BCUT2D eigenvalue weighted by Gasteiger charge is 2.43. The first-order valence-electron chi connectivity index (χ1n) is 6.54. The van der Waals surface area contributed by atoms with Crippen molar-refractivity contribution >= 4 is 0 Å². The second kappa shape index (κ2) is 3.98. The topological polar surface area (TPSA) is 56.7 Å². The van der Waals surface area contributed by atoms with Crippen LogP contribution in [0.25, 0.3) is 0 Å². The van der Waals surface area contributed by atoms with Crippen molar-refractivity contribution < 1.29 is 8.78 Å². The average Bonchev–Trinajstić information content (AvgIpc) is 2.99. The summed E-state index contributed by atoms with van der Waals surface area (Å²) in [4.78, 5) is 0. The first-order chi connectivity index (χ1) is 8.47. The van der Waals surface area contributed by atoms with Gasteiger partial charge >= 0.3 is 0 Å². The first-order valence-corrected chi connectivity index (χ1v) is 6.54. The third-order valence-corrected chi connectivity index (χ3v) is 4.06. The molecule has 0 unspecified atom stereocenters. The van der Waals surface area contributed by atoms with Crippen molar-refractivity contribution in [1.82, 2.24) is 15.0 Å². The third kappa shape index (κ3) is 2.39. The maximum atomic E-state index is 13.2. The van der Waals surface area contributed by atoms with Crippen molar-refractivity contribution in [3.63, 3.8) is 0 Å². The maximum Gasteiger partial charge on any atom is 0.248 e.